The Labute approximate surface area is 124 Å². The van der Waals surface area contributed by atoms with E-state index in [0.29, 0.717) is 0 Å². The lowest BCUT2D eigenvalue weighted by atomic mass is 9.76. The molecule has 2 atom stereocenters. The van der Waals surface area contributed by atoms with E-state index < -0.39 is 36.2 Å². The molecule has 1 aromatic rings. The van der Waals surface area contributed by atoms with Gasteiger partial charge in [-0.05, 0) is 13.8 Å². The minimum absolute atomic E-state index is 0.0356. The van der Waals surface area contributed by atoms with Crippen molar-refractivity contribution in [2.45, 2.75) is 26.4 Å². The number of fused-ring (bicyclic) bond motifs is 1. The highest BCUT2D eigenvalue weighted by Gasteiger charge is 2.52. The highest BCUT2D eigenvalue weighted by atomic mass is 19.4. The smallest absolute Gasteiger partial charge is 0.393 e. The Balaban J connectivity index is 2.52. The lowest BCUT2D eigenvalue weighted by Crippen LogP contribution is -2.39. The second-order valence-electron chi connectivity index (χ2n) is 4.94. The summed E-state index contributed by atoms with van der Waals surface area (Å²) in [6.45, 7) is 3.08. The molecule has 0 fully saturated rings. The van der Waals surface area contributed by atoms with Gasteiger partial charge in [0.25, 0.3) is 0 Å². The number of Topliss-reactive ketones (excluding diaryl/α,β-unsaturated/α-hetero) is 1. The molecule has 0 amide bonds. The van der Waals surface area contributed by atoms with Gasteiger partial charge in [0.15, 0.2) is 5.78 Å². The monoisotopic (exact) mass is 314 g/mol. The quantitative estimate of drug-likeness (QED) is 0.622. The molecule has 22 heavy (non-hydrogen) atoms. The molecule has 0 bridgehead atoms. The van der Waals surface area contributed by atoms with Crippen LogP contribution in [-0.2, 0) is 11.2 Å². The molecule has 0 saturated carbocycles. The predicted octanol–water partition coefficient (Wildman–Crippen LogP) is 2.93. The van der Waals surface area contributed by atoms with E-state index in [9.17, 15) is 22.8 Å². The van der Waals surface area contributed by atoms with E-state index in [-0.39, 0.29) is 29.3 Å². The Morgan fingerprint density at radius 3 is 2.64 bits per heavy atom. The fourth-order valence-electron chi connectivity index (χ4n) is 2.58. The number of rotatable bonds is 2. The number of ether oxygens (including phenoxy) is 1. The van der Waals surface area contributed by atoms with Gasteiger partial charge in [-0.1, -0.05) is 5.92 Å². The number of ketones is 1. The molecule has 0 spiro atoms. The number of hydrogen-bond donors (Lipinski definition) is 0. The number of esters is 1. The van der Waals surface area contributed by atoms with Gasteiger partial charge in [0.05, 0.1) is 24.0 Å². The summed E-state index contributed by atoms with van der Waals surface area (Å²) in [5.41, 5.74) is 0.130. The predicted molar refractivity (Wildman–Crippen MR) is 69.3 cm³/mol. The van der Waals surface area contributed by atoms with Gasteiger partial charge < -0.3 is 9.15 Å². The number of halogens is 3. The van der Waals surface area contributed by atoms with Crippen molar-refractivity contribution in [3.63, 3.8) is 0 Å². The fourth-order valence-corrected chi connectivity index (χ4v) is 2.58. The van der Waals surface area contributed by atoms with Crippen LogP contribution in [0.2, 0.25) is 0 Å². The van der Waals surface area contributed by atoms with Gasteiger partial charge in [0, 0.05) is 12.0 Å². The van der Waals surface area contributed by atoms with Gasteiger partial charge in [-0.15, -0.1) is 6.42 Å². The standard InChI is InChI=1S/C15H13F3O4/c1-4-8-9(15(16,17)18)6-10-11(12(8)19)7(3)13(22-10)14(20)21-5-2/h1,8-9H,5-6H2,2-3H3. The molecule has 4 nitrogen and oxygen atoms in total. The van der Waals surface area contributed by atoms with Gasteiger partial charge in [0.1, 0.15) is 5.76 Å². The molecule has 0 radical (unpaired) electrons. The van der Waals surface area contributed by atoms with E-state index in [1.807, 2.05) is 5.92 Å². The Kier molecular flexibility index (Phi) is 4.05. The van der Waals surface area contributed by atoms with Crippen LogP contribution in [0.3, 0.4) is 0 Å². The number of hydrogen-bond acceptors (Lipinski definition) is 4. The first-order valence-electron chi connectivity index (χ1n) is 6.58. The van der Waals surface area contributed by atoms with E-state index in [2.05, 4.69) is 0 Å². The van der Waals surface area contributed by atoms with E-state index in [1.54, 1.807) is 6.92 Å². The van der Waals surface area contributed by atoms with Crippen LogP contribution < -0.4 is 0 Å². The zero-order chi connectivity index (χ0) is 16.7. The maximum atomic E-state index is 13.1. The van der Waals surface area contributed by atoms with Crippen molar-refractivity contribution in [1.82, 2.24) is 0 Å². The third-order valence-electron chi connectivity index (χ3n) is 3.62. The van der Waals surface area contributed by atoms with Crippen LogP contribution in [0.1, 0.15) is 39.2 Å². The first kappa shape index (κ1) is 16.1. The van der Waals surface area contributed by atoms with E-state index in [1.165, 1.54) is 6.92 Å². The summed E-state index contributed by atoms with van der Waals surface area (Å²) in [7, 11) is 0. The van der Waals surface area contributed by atoms with Crippen LogP contribution in [-0.4, -0.2) is 24.5 Å². The van der Waals surface area contributed by atoms with Crippen molar-refractivity contribution in [2.24, 2.45) is 11.8 Å². The molecule has 1 aromatic heterocycles. The molecule has 1 aliphatic carbocycles. The number of carbonyl (C=O) groups excluding carboxylic acids is 2. The SMILES string of the molecule is C#CC1C(=O)c2c(oc(C(=O)OCC)c2C)CC1C(F)(F)F. The molecule has 0 N–H and O–H groups in total. The van der Waals surface area contributed by atoms with Gasteiger partial charge in [-0.3, -0.25) is 4.79 Å². The molecule has 2 rings (SSSR count). The Bertz CT molecular complexity index is 664. The Morgan fingerprint density at radius 1 is 1.50 bits per heavy atom. The van der Waals surface area contributed by atoms with Gasteiger partial charge in [-0.25, -0.2) is 4.79 Å². The zero-order valence-corrected chi connectivity index (χ0v) is 11.9. The highest BCUT2D eigenvalue weighted by Crippen LogP contribution is 2.42. The molecule has 7 heteroatoms. The average molecular weight is 314 g/mol. The molecule has 1 aliphatic rings. The summed E-state index contributed by atoms with van der Waals surface area (Å²) < 4.78 is 49.1. The van der Waals surface area contributed by atoms with Crippen molar-refractivity contribution in [3.8, 4) is 12.3 Å². The van der Waals surface area contributed by atoms with Crippen LogP contribution in [0.5, 0.6) is 0 Å². The summed E-state index contributed by atoms with van der Waals surface area (Å²) in [6.07, 6.45) is -0.0904. The summed E-state index contributed by atoms with van der Waals surface area (Å²) in [5.74, 6) is -3.79. The average Bonchev–Trinajstić information content (AvgIpc) is 2.75. The van der Waals surface area contributed by atoms with Crippen molar-refractivity contribution >= 4 is 11.8 Å². The second-order valence-corrected chi connectivity index (χ2v) is 4.94. The molecule has 0 aromatic carbocycles. The summed E-state index contributed by atoms with van der Waals surface area (Å²) >= 11 is 0. The van der Waals surface area contributed by atoms with Crippen molar-refractivity contribution in [3.05, 3.63) is 22.6 Å². The molecule has 2 unspecified atom stereocenters. The zero-order valence-electron chi connectivity index (χ0n) is 11.9. The third-order valence-corrected chi connectivity index (χ3v) is 3.62. The van der Waals surface area contributed by atoms with Crippen molar-refractivity contribution in [1.29, 1.82) is 0 Å². The second kappa shape index (κ2) is 5.52. The van der Waals surface area contributed by atoms with Crippen LogP contribution in [0, 0.1) is 31.1 Å². The highest BCUT2D eigenvalue weighted by molar-refractivity contribution is 6.05. The van der Waals surface area contributed by atoms with Gasteiger partial charge in [0.2, 0.25) is 5.76 Å². The molecular weight excluding hydrogens is 301 g/mol. The van der Waals surface area contributed by atoms with Crippen LogP contribution in [0.15, 0.2) is 4.42 Å². The maximum Gasteiger partial charge on any atom is 0.393 e. The number of alkyl halides is 3. The Morgan fingerprint density at radius 2 is 2.14 bits per heavy atom. The minimum atomic E-state index is -4.63. The topological polar surface area (TPSA) is 56.5 Å². The maximum absolute atomic E-state index is 13.1. The lowest BCUT2D eigenvalue weighted by molar-refractivity contribution is -0.181. The number of furan rings is 1. The van der Waals surface area contributed by atoms with Gasteiger partial charge >= 0.3 is 12.1 Å². The Hall–Kier alpha value is -2.23. The van der Waals surface area contributed by atoms with E-state index in [0.717, 1.165) is 0 Å². The van der Waals surface area contributed by atoms with Crippen molar-refractivity contribution < 1.29 is 31.9 Å². The lowest BCUT2D eigenvalue weighted by Gasteiger charge is -2.28. The number of carbonyl (C=O) groups is 2. The van der Waals surface area contributed by atoms with Crippen molar-refractivity contribution in [2.75, 3.05) is 6.61 Å². The molecule has 118 valence electrons. The van der Waals surface area contributed by atoms with E-state index >= 15 is 0 Å². The molecule has 1 heterocycles. The van der Waals surface area contributed by atoms with Crippen LogP contribution >= 0.6 is 0 Å². The van der Waals surface area contributed by atoms with Crippen LogP contribution in [0.4, 0.5) is 13.2 Å². The summed E-state index contributed by atoms with van der Waals surface area (Å²) in [4.78, 5) is 24.0. The first-order chi connectivity index (χ1) is 10.2. The normalized spacial score (nSPS) is 21.2. The van der Waals surface area contributed by atoms with Crippen LogP contribution in [0.25, 0.3) is 0 Å². The fraction of sp³-hybridized carbons (Fsp3) is 0.467. The van der Waals surface area contributed by atoms with E-state index in [4.69, 9.17) is 15.6 Å². The largest absolute Gasteiger partial charge is 0.460 e. The molecule has 0 saturated heterocycles. The minimum Gasteiger partial charge on any atom is -0.460 e. The van der Waals surface area contributed by atoms with Gasteiger partial charge in [-0.2, -0.15) is 13.2 Å². The summed E-state index contributed by atoms with van der Waals surface area (Å²) in [5, 5.41) is 0. The summed E-state index contributed by atoms with van der Waals surface area (Å²) in [6, 6.07) is 0. The molecular formula is C15H13F3O4. The number of terminal acetylenes is 1. The first-order valence-corrected chi connectivity index (χ1v) is 6.58. The third kappa shape index (κ3) is 2.49. The molecule has 0 aliphatic heterocycles.